The van der Waals surface area contributed by atoms with Gasteiger partial charge in [0.1, 0.15) is 11.4 Å². The van der Waals surface area contributed by atoms with Crippen molar-refractivity contribution in [2.24, 2.45) is 0 Å². The maximum atomic E-state index is 13.8. The zero-order chi connectivity index (χ0) is 16.2. The molecule has 1 aromatic rings. The van der Waals surface area contributed by atoms with E-state index in [1.807, 2.05) is 0 Å². The number of nitrogens with zero attached hydrogens (tertiary/aromatic N) is 1. The van der Waals surface area contributed by atoms with Crippen molar-refractivity contribution in [3.63, 3.8) is 0 Å². The Balaban J connectivity index is 2.14. The molecule has 120 valence electrons. The van der Waals surface area contributed by atoms with Gasteiger partial charge in [0.2, 0.25) is 11.8 Å². The number of hydrogen-bond donors (Lipinski definition) is 1. The molecule has 22 heavy (non-hydrogen) atoms. The lowest BCUT2D eigenvalue weighted by Gasteiger charge is -2.34. The molecule has 5 nitrogen and oxygen atoms in total. The second kappa shape index (κ2) is 6.87. The third-order valence-electron chi connectivity index (χ3n) is 4.09. The molecule has 0 aliphatic carbocycles. The standard InChI is InChI=1S/C16H21FN2O3/c1-16(15(21)18-9-10-22-2)8-7-14(20)19(16)11-12-5-3-4-6-13(12)17/h3-6H,7-11H2,1-2H3,(H,18,21)/t16-/m0/s1. The Bertz CT molecular complexity index is 564. The van der Waals surface area contributed by atoms with Crippen LogP contribution in [0.15, 0.2) is 24.3 Å². The molecule has 1 aliphatic rings. The molecule has 2 amide bonds. The largest absolute Gasteiger partial charge is 0.383 e. The monoisotopic (exact) mass is 308 g/mol. The van der Waals surface area contributed by atoms with Crippen molar-refractivity contribution in [2.75, 3.05) is 20.3 Å². The van der Waals surface area contributed by atoms with Gasteiger partial charge < -0.3 is 15.0 Å². The van der Waals surface area contributed by atoms with Crippen LogP contribution in [0.2, 0.25) is 0 Å². The number of rotatable bonds is 6. The Morgan fingerprint density at radius 2 is 2.18 bits per heavy atom. The molecule has 1 aliphatic heterocycles. The Hall–Kier alpha value is -1.95. The zero-order valence-corrected chi connectivity index (χ0v) is 12.9. The number of halogens is 1. The van der Waals surface area contributed by atoms with E-state index in [1.165, 1.54) is 11.0 Å². The number of ether oxygens (including phenoxy) is 1. The molecule has 0 bridgehead atoms. The van der Waals surface area contributed by atoms with E-state index in [0.29, 0.717) is 31.6 Å². The van der Waals surface area contributed by atoms with E-state index >= 15 is 0 Å². The van der Waals surface area contributed by atoms with Crippen LogP contribution in [0.25, 0.3) is 0 Å². The lowest BCUT2D eigenvalue weighted by Crippen LogP contribution is -2.54. The average Bonchev–Trinajstić information content (AvgIpc) is 2.79. The molecule has 0 saturated carbocycles. The molecule has 1 fully saturated rings. The van der Waals surface area contributed by atoms with Gasteiger partial charge in [0.15, 0.2) is 0 Å². The molecule has 1 saturated heterocycles. The van der Waals surface area contributed by atoms with Crippen LogP contribution in [-0.2, 0) is 20.9 Å². The van der Waals surface area contributed by atoms with Crippen LogP contribution in [0, 0.1) is 5.82 Å². The maximum Gasteiger partial charge on any atom is 0.245 e. The van der Waals surface area contributed by atoms with Crippen LogP contribution in [0.1, 0.15) is 25.3 Å². The first kappa shape index (κ1) is 16.4. The average molecular weight is 308 g/mol. The fourth-order valence-electron chi connectivity index (χ4n) is 2.65. The van der Waals surface area contributed by atoms with Crippen LogP contribution in [-0.4, -0.2) is 42.5 Å². The highest BCUT2D eigenvalue weighted by Gasteiger charge is 2.47. The molecule has 0 aromatic heterocycles. The summed E-state index contributed by atoms with van der Waals surface area (Å²) in [6.07, 6.45) is 0.724. The van der Waals surface area contributed by atoms with Gasteiger partial charge in [-0.05, 0) is 19.4 Å². The van der Waals surface area contributed by atoms with Crippen LogP contribution < -0.4 is 5.32 Å². The van der Waals surface area contributed by atoms with Gasteiger partial charge in [-0.15, -0.1) is 0 Å². The number of hydrogen-bond acceptors (Lipinski definition) is 3. The molecule has 1 N–H and O–H groups in total. The van der Waals surface area contributed by atoms with E-state index in [2.05, 4.69) is 5.32 Å². The fourth-order valence-corrected chi connectivity index (χ4v) is 2.65. The number of nitrogens with one attached hydrogen (secondary N) is 1. The predicted octanol–water partition coefficient (Wildman–Crippen LogP) is 1.47. The minimum atomic E-state index is -0.951. The molecule has 1 aromatic carbocycles. The van der Waals surface area contributed by atoms with E-state index in [0.717, 1.165) is 0 Å². The van der Waals surface area contributed by atoms with Gasteiger partial charge in [-0.25, -0.2) is 4.39 Å². The first-order valence-electron chi connectivity index (χ1n) is 7.30. The fraction of sp³-hybridized carbons (Fsp3) is 0.500. The highest BCUT2D eigenvalue weighted by atomic mass is 19.1. The van der Waals surface area contributed by atoms with Crippen molar-refractivity contribution in [3.8, 4) is 0 Å². The highest BCUT2D eigenvalue weighted by Crippen LogP contribution is 2.32. The third kappa shape index (κ3) is 3.27. The van der Waals surface area contributed by atoms with E-state index in [4.69, 9.17) is 4.74 Å². The maximum absolute atomic E-state index is 13.8. The minimum Gasteiger partial charge on any atom is -0.383 e. The van der Waals surface area contributed by atoms with Gasteiger partial charge in [-0.2, -0.15) is 0 Å². The van der Waals surface area contributed by atoms with E-state index < -0.39 is 5.54 Å². The second-order valence-electron chi connectivity index (χ2n) is 5.59. The lowest BCUT2D eigenvalue weighted by atomic mass is 9.97. The summed E-state index contributed by atoms with van der Waals surface area (Å²) >= 11 is 0. The number of carbonyl (C=O) groups is 2. The summed E-state index contributed by atoms with van der Waals surface area (Å²) in [7, 11) is 1.55. The number of carbonyl (C=O) groups excluding carboxylic acids is 2. The van der Waals surface area contributed by atoms with Crippen molar-refractivity contribution in [1.82, 2.24) is 10.2 Å². The Morgan fingerprint density at radius 3 is 2.86 bits per heavy atom. The van der Waals surface area contributed by atoms with Crippen LogP contribution in [0.5, 0.6) is 0 Å². The topological polar surface area (TPSA) is 58.6 Å². The zero-order valence-electron chi connectivity index (χ0n) is 12.9. The summed E-state index contributed by atoms with van der Waals surface area (Å²) in [5.41, 5.74) is -0.540. The van der Waals surface area contributed by atoms with Gasteiger partial charge in [0.25, 0.3) is 0 Å². The predicted molar refractivity (Wildman–Crippen MR) is 79.5 cm³/mol. The third-order valence-corrected chi connectivity index (χ3v) is 4.09. The van der Waals surface area contributed by atoms with Gasteiger partial charge in [0.05, 0.1) is 6.61 Å². The van der Waals surface area contributed by atoms with Crippen molar-refractivity contribution < 1.29 is 18.7 Å². The van der Waals surface area contributed by atoms with Crippen molar-refractivity contribution in [1.29, 1.82) is 0 Å². The summed E-state index contributed by atoms with van der Waals surface area (Å²) < 4.78 is 18.7. The number of amides is 2. The van der Waals surface area contributed by atoms with E-state index in [9.17, 15) is 14.0 Å². The van der Waals surface area contributed by atoms with Crippen molar-refractivity contribution in [2.45, 2.75) is 31.8 Å². The SMILES string of the molecule is COCCNC(=O)[C@]1(C)CCC(=O)N1Cc1ccccc1F. The highest BCUT2D eigenvalue weighted by molar-refractivity contribution is 5.94. The summed E-state index contributed by atoms with van der Waals surface area (Å²) in [6.45, 7) is 2.61. The van der Waals surface area contributed by atoms with Crippen LogP contribution in [0.3, 0.4) is 0 Å². The molecule has 0 unspecified atom stereocenters. The smallest absolute Gasteiger partial charge is 0.245 e. The second-order valence-corrected chi connectivity index (χ2v) is 5.59. The molecular weight excluding hydrogens is 287 g/mol. The van der Waals surface area contributed by atoms with Gasteiger partial charge >= 0.3 is 0 Å². The van der Waals surface area contributed by atoms with Crippen molar-refractivity contribution >= 4 is 11.8 Å². The normalized spacial score (nSPS) is 21.2. The summed E-state index contributed by atoms with van der Waals surface area (Å²) in [6, 6.07) is 6.30. The molecule has 6 heteroatoms. The molecular formula is C16H21FN2O3. The summed E-state index contributed by atoms with van der Waals surface area (Å²) in [4.78, 5) is 26.0. The summed E-state index contributed by atoms with van der Waals surface area (Å²) in [5, 5.41) is 2.77. The van der Waals surface area contributed by atoms with Gasteiger partial charge in [-0.1, -0.05) is 18.2 Å². The Morgan fingerprint density at radius 1 is 1.45 bits per heavy atom. The molecule has 0 radical (unpaired) electrons. The molecule has 1 atom stereocenters. The summed E-state index contributed by atoms with van der Waals surface area (Å²) in [5.74, 6) is -0.733. The minimum absolute atomic E-state index is 0.0969. The Labute approximate surface area is 129 Å². The first-order chi connectivity index (χ1) is 10.5. The van der Waals surface area contributed by atoms with E-state index in [-0.39, 0.29) is 24.2 Å². The first-order valence-corrected chi connectivity index (χ1v) is 7.30. The Kier molecular flexibility index (Phi) is 5.13. The number of likely N-dealkylation sites (tertiary alicyclic amines) is 1. The number of methoxy groups -OCH3 is 1. The molecule has 1 heterocycles. The van der Waals surface area contributed by atoms with Gasteiger partial charge in [0, 0.05) is 32.2 Å². The number of benzene rings is 1. The molecule has 2 rings (SSSR count). The van der Waals surface area contributed by atoms with E-state index in [1.54, 1.807) is 32.2 Å². The van der Waals surface area contributed by atoms with Crippen LogP contribution in [0.4, 0.5) is 4.39 Å². The quantitative estimate of drug-likeness (QED) is 0.810. The molecule has 0 spiro atoms. The lowest BCUT2D eigenvalue weighted by molar-refractivity contribution is -0.141. The van der Waals surface area contributed by atoms with Crippen LogP contribution >= 0.6 is 0 Å². The van der Waals surface area contributed by atoms with Gasteiger partial charge in [-0.3, -0.25) is 9.59 Å². The van der Waals surface area contributed by atoms with Crippen molar-refractivity contribution in [3.05, 3.63) is 35.6 Å².